The third kappa shape index (κ3) is 5.14. The van der Waals surface area contributed by atoms with Gasteiger partial charge in [-0.25, -0.2) is 0 Å². The largest absolute Gasteiger partial charge is 0.346 e. The number of hydrogen-bond acceptors (Lipinski definition) is 3. The molecule has 0 unspecified atom stereocenters. The fourth-order valence-corrected chi connectivity index (χ4v) is 5.48. The van der Waals surface area contributed by atoms with Gasteiger partial charge in [0.05, 0.1) is 11.8 Å². The first-order valence-corrected chi connectivity index (χ1v) is 12.3. The van der Waals surface area contributed by atoms with Crippen molar-refractivity contribution in [1.82, 2.24) is 10.2 Å². The summed E-state index contributed by atoms with van der Waals surface area (Å²) in [5.74, 6) is 0.531. The molecule has 1 aliphatic rings. The van der Waals surface area contributed by atoms with Gasteiger partial charge in [-0.3, -0.25) is 9.59 Å². The van der Waals surface area contributed by atoms with E-state index in [4.69, 9.17) is 0 Å². The molecule has 0 aromatic heterocycles. The van der Waals surface area contributed by atoms with E-state index in [1.165, 1.54) is 16.7 Å². The summed E-state index contributed by atoms with van der Waals surface area (Å²) in [7, 11) is 0. The van der Waals surface area contributed by atoms with Crippen LogP contribution in [0, 0.1) is 20.8 Å². The Morgan fingerprint density at radius 1 is 1.00 bits per heavy atom. The van der Waals surface area contributed by atoms with Crippen LogP contribution < -0.4 is 5.32 Å². The van der Waals surface area contributed by atoms with Gasteiger partial charge < -0.3 is 10.2 Å². The minimum atomic E-state index is -0.0945. The van der Waals surface area contributed by atoms with Crippen molar-refractivity contribution in [3.05, 3.63) is 106 Å². The summed E-state index contributed by atoms with van der Waals surface area (Å²) >= 11 is 1.63. The number of carbonyl (C=O) groups is 2. The lowest BCUT2D eigenvalue weighted by atomic mass is 9.96. The average molecular weight is 459 g/mol. The average Bonchev–Trinajstić information content (AvgIpc) is 3.17. The van der Waals surface area contributed by atoms with Crippen LogP contribution in [0.5, 0.6) is 0 Å². The fourth-order valence-electron chi connectivity index (χ4n) is 4.29. The van der Waals surface area contributed by atoms with Gasteiger partial charge in [0.25, 0.3) is 5.91 Å². The molecule has 0 spiro atoms. The van der Waals surface area contributed by atoms with E-state index in [1.54, 1.807) is 11.8 Å². The lowest BCUT2D eigenvalue weighted by Gasteiger charge is -2.24. The van der Waals surface area contributed by atoms with Gasteiger partial charge in [0, 0.05) is 12.1 Å². The highest BCUT2D eigenvalue weighted by Gasteiger charge is 2.32. The first-order valence-electron chi connectivity index (χ1n) is 11.3. The summed E-state index contributed by atoms with van der Waals surface area (Å²) in [5.41, 5.74) is 7.58. The van der Waals surface area contributed by atoms with E-state index >= 15 is 0 Å². The number of rotatable bonds is 6. The smallest absolute Gasteiger partial charge is 0.251 e. The Morgan fingerprint density at radius 3 is 2.36 bits per heavy atom. The second kappa shape index (κ2) is 9.84. The molecule has 2 atom stereocenters. The Hall–Kier alpha value is -3.05. The molecule has 1 N–H and O–H groups in total. The number of benzene rings is 3. The van der Waals surface area contributed by atoms with E-state index in [2.05, 4.69) is 38.2 Å². The van der Waals surface area contributed by atoms with Crippen LogP contribution in [0.2, 0.25) is 0 Å². The number of thioether (sulfide) groups is 1. The quantitative estimate of drug-likeness (QED) is 0.502. The SMILES string of the molecule is Cc1cc(C)c([C@@H](C)NC(=O)c2ccc([C@H]3SCC(=O)N3Cc3ccccc3)cc2)cc1C. The van der Waals surface area contributed by atoms with E-state index < -0.39 is 0 Å². The van der Waals surface area contributed by atoms with E-state index in [0.29, 0.717) is 17.9 Å². The minimum Gasteiger partial charge on any atom is -0.346 e. The van der Waals surface area contributed by atoms with Crippen molar-refractivity contribution in [2.75, 3.05) is 5.75 Å². The van der Waals surface area contributed by atoms with Gasteiger partial charge in [0.1, 0.15) is 5.37 Å². The summed E-state index contributed by atoms with van der Waals surface area (Å²) < 4.78 is 0. The van der Waals surface area contributed by atoms with Crippen molar-refractivity contribution in [1.29, 1.82) is 0 Å². The number of hydrogen-bond donors (Lipinski definition) is 1. The molecular weight excluding hydrogens is 428 g/mol. The number of carbonyl (C=O) groups excluding carboxylic acids is 2. The zero-order valence-electron chi connectivity index (χ0n) is 19.6. The molecule has 3 aromatic carbocycles. The zero-order chi connectivity index (χ0) is 23.5. The minimum absolute atomic E-state index is 0.0353. The molecule has 1 aliphatic heterocycles. The van der Waals surface area contributed by atoms with E-state index in [9.17, 15) is 9.59 Å². The van der Waals surface area contributed by atoms with Crippen LogP contribution in [0.15, 0.2) is 66.7 Å². The van der Waals surface area contributed by atoms with Crippen LogP contribution in [0.4, 0.5) is 0 Å². The highest BCUT2D eigenvalue weighted by Crippen LogP contribution is 2.39. The first-order chi connectivity index (χ1) is 15.8. The molecule has 0 bridgehead atoms. The van der Waals surface area contributed by atoms with Crippen LogP contribution in [-0.4, -0.2) is 22.5 Å². The van der Waals surface area contributed by atoms with Crippen molar-refractivity contribution in [2.24, 2.45) is 0 Å². The normalized spacial score (nSPS) is 16.7. The molecule has 4 rings (SSSR count). The maximum atomic E-state index is 12.9. The maximum absolute atomic E-state index is 12.9. The standard InChI is InChI=1S/C28H30N2O2S/c1-18-14-20(3)25(15-19(18)2)21(4)29-27(32)23-10-12-24(13-11-23)28-30(26(31)17-33-28)16-22-8-6-5-7-9-22/h5-15,21,28H,16-17H2,1-4H3,(H,29,32)/t21-,28-/m1/s1. The van der Waals surface area contributed by atoms with Crippen molar-refractivity contribution in [2.45, 2.75) is 45.7 Å². The van der Waals surface area contributed by atoms with Crippen LogP contribution in [0.3, 0.4) is 0 Å². The van der Waals surface area contributed by atoms with E-state index in [0.717, 1.165) is 16.7 Å². The molecule has 0 saturated carbocycles. The summed E-state index contributed by atoms with van der Waals surface area (Å²) in [6.45, 7) is 8.89. The van der Waals surface area contributed by atoms with Gasteiger partial charge in [-0.15, -0.1) is 11.8 Å². The topological polar surface area (TPSA) is 49.4 Å². The Bertz CT molecular complexity index is 1160. The first kappa shape index (κ1) is 23.1. The van der Waals surface area contributed by atoms with Crippen LogP contribution in [0.25, 0.3) is 0 Å². The summed E-state index contributed by atoms with van der Waals surface area (Å²) in [4.78, 5) is 27.3. The molecule has 2 amide bonds. The van der Waals surface area contributed by atoms with Crippen LogP contribution in [-0.2, 0) is 11.3 Å². The Balaban J connectivity index is 1.46. The van der Waals surface area contributed by atoms with Gasteiger partial charge >= 0.3 is 0 Å². The van der Waals surface area contributed by atoms with E-state index in [1.807, 2.05) is 66.4 Å². The Kier molecular flexibility index (Phi) is 6.89. The summed E-state index contributed by atoms with van der Waals surface area (Å²) in [6.07, 6.45) is 0. The number of aryl methyl sites for hydroxylation is 3. The van der Waals surface area contributed by atoms with Crippen molar-refractivity contribution in [3.63, 3.8) is 0 Å². The van der Waals surface area contributed by atoms with Gasteiger partial charge in [0.2, 0.25) is 5.91 Å². The summed E-state index contributed by atoms with van der Waals surface area (Å²) in [6, 6.07) is 21.9. The van der Waals surface area contributed by atoms with Crippen molar-refractivity contribution >= 4 is 23.6 Å². The molecule has 33 heavy (non-hydrogen) atoms. The maximum Gasteiger partial charge on any atom is 0.251 e. The predicted octanol–water partition coefficient (Wildman–Crippen LogP) is 5.88. The number of amides is 2. The van der Waals surface area contributed by atoms with Gasteiger partial charge in [-0.1, -0.05) is 54.6 Å². The highest BCUT2D eigenvalue weighted by atomic mass is 32.2. The molecule has 3 aromatic rings. The van der Waals surface area contributed by atoms with Crippen LogP contribution >= 0.6 is 11.8 Å². The molecule has 5 heteroatoms. The Labute approximate surface area is 200 Å². The molecule has 170 valence electrons. The summed E-state index contributed by atoms with van der Waals surface area (Å²) in [5, 5.41) is 3.09. The van der Waals surface area contributed by atoms with Gasteiger partial charge in [0.15, 0.2) is 0 Å². The molecule has 0 aliphatic carbocycles. The van der Waals surface area contributed by atoms with Gasteiger partial charge in [-0.2, -0.15) is 0 Å². The second-order valence-corrected chi connectivity index (χ2v) is 9.85. The highest BCUT2D eigenvalue weighted by molar-refractivity contribution is 8.00. The van der Waals surface area contributed by atoms with Crippen molar-refractivity contribution < 1.29 is 9.59 Å². The molecule has 1 heterocycles. The molecule has 4 nitrogen and oxygen atoms in total. The monoisotopic (exact) mass is 458 g/mol. The van der Waals surface area contributed by atoms with Gasteiger partial charge in [-0.05, 0) is 73.2 Å². The lowest BCUT2D eigenvalue weighted by molar-refractivity contribution is -0.128. The molecule has 0 radical (unpaired) electrons. The van der Waals surface area contributed by atoms with E-state index in [-0.39, 0.29) is 23.2 Å². The number of nitrogens with one attached hydrogen (secondary N) is 1. The van der Waals surface area contributed by atoms with Crippen LogP contribution in [0.1, 0.15) is 62.1 Å². The molecular formula is C28H30N2O2S. The molecule has 1 saturated heterocycles. The second-order valence-electron chi connectivity index (χ2n) is 8.78. The zero-order valence-corrected chi connectivity index (χ0v) is 20.4. The third-order valence-electron chi connectivity index (χ3n) is 6.32. The Morgan fingerprint density at radius 2 is 1.67 bits per heavy atom. The number of nitrogens with zero attached hydrogens (tertiary/aromatic N) is 1. The van der Waals surface area contributed by atoms with Crippen molar-refractivity contribution in [3.8, 4) is 0 Å². The molecule has 1 fully saturated rings. The lowest BCUT2D eigenvalue weighted by Crippen LogP contribution is -2.28. The fraction of sp³-hybridized carbons (Fsp3) is 0.286. The third-order valence-corrected chi connectivity index (χ3v) is 7.57. The predicted molar refractivity (Wildman–Crippen MR) is 135 cm³/mol.